The van der Waals surface area contributed by atoms with E-state index in [9.17, 15) is 14.4 Å². The van der Waals surface area contributed by atoms with Crippen molar-refractivity contribution in [3.8, 4) is 5.69 Å². The van der Waals surface area contributed by atoms with E-state index in [-0.39, 0.29) is 12.5 Å². The maximum absolute atomic E-state index is 13.4. The van der Waals surface area contributed by atoms with Crippen molar-refractivity contribution in [2.45, 2.75) is 20.4 Å². The predicted octanol–water partition coefficient (Wildman–Crippen LogP) is 4.82. The lowest BCUT2D eigenvalue weighted by Gasteiger charge is -2.15. The molecule has 0 radical (unpaired) electrons. The number of carbonyl (C=O) groups excluding carboxylic acids is 1. The molecule has 0 aliphatic rings. The molecular formula is C24H19BrClN3O3. The van der Waals surface area contributed by atoms with Crippen LogP contribution in [0.1, 0.15) is 11.1 Å². The van der Waals surface area contributed by atoms with E-state index in [1.807, 2.05) is 32.0 Å². The summed E-state index contributed by atoms with van der Waals surface area (Å²) in [4.78, 5) is 39.4. The average Bonchev–Trinajstić information content (AvgIpc) is 2.74. The van der Waals surface area contributed by atoms with Crippen LogP contribution in [0.5, 0.6) is 0 Å². The second kappa shape index (κ2) is 8.76. The zero-order chi connectivity index (χ0) is 23.0. The van der Waals surface area contributed by atoms with E-state index in [2.05, 4.69) is 21.2 Å². The summed E-state index contributed by atoms with van der Waals surface area (Å²) in [5.74, 6) is -0.379. The van der Waals surface area contributed by atoms with Crippen LogP contribution in [0.15, 0.2) is 74.7 Å². The van der Waals surface area contributed by atoms with Gasteiger partial charge in [0.15, 0.2) is 0 Å². The molecular weight excluding hydrogens is 494 g/mol. The number of rotatable bonds is 4. The molecule has 0 aliphatic carbocycles. The summed E-state index contributed by atoms with van der Waals surface area (Å²) >= 11 is 9.46. The first-order valence-electron chi connectivity index (χ1n) is 9.83. The van der Waals surface area contributed by atoms with Crippen molar-refractivity contribution in [2.24, 2.45) is 0 Å². The standard InChI is InChI=1S/C24H19BrClN3O3/c1-14-6-8-18(10-15(14)2)27-22(30)13-28-21-9-7-16(25)11-20(21)23(31)29(24(28)32)19-5-3-4-17(26)12-19/h3-12H,13H2,1-2H3,(H,27,30). The molecule has 0 spiro atoms. The van der Waals surface area contributed by atoms with Crippen LogP contribution in [0, 0.1) is 13.8 Å². The minimum atomic E-state index is -0.623. The van der Waals surface area contributed by atoms with Crippen LogP contribution in [0.2, 0.25) is 5.02 Å². The van der Waals surface area contributed by atoms with Crippen molar-refractivity contribution in [1.29, 1.82) is 0 Å². The molecule has 6 nitrogen and oxygen atoms in total. The monoisotopic (exact) mass is 511 g/mol. The van der Waals surface area contributed by atoms with Crippen molar-refractivity contribution < 1.29 is 4.79 Å². The first-order valence-corrected chi connectivity index (χ1v) is 11.0. The molecule has 0 atom stereocenters. The Kier molecular flexibility index (Phi) is 6.04. The predicted molar refractivity (Wildman–Crippen MR) is 131 cm³/mol. The SMILES string of the molecule is Cc1ccc(NC(=O)Cn2c(=O)n(-c3cccc(Cl)c3)c(=O)c3cc(Br)ccc32)cc1C. The Balaban J connectivity index is 1.84. The molecule has 4 aromatic rings. The summed E-state index contributed by atoms with van der Waals surface area (Å²) < 4.78 is 3.01. The zero-order valence-electron chi connectivity index (χ0n) is 17.4. The molecule has 0 fully saturated rings. The summed E-state index contributed by atoms with van der Waals surface area (Å²) in [6.07, 6.45) is 0. The van der Waals surface area contributed by atoms with E-state index in [0.717, 1.165) is 15.7 Å². The molecule has 0 bridgehead atoms. The van der Waals surface area contributed by atoms with Gasteiger partial charge in [-0.25, -0.2) is 9.36 Å². The highest BCUT2D eigenvalue weighted by molar-refractivity contribution is 9.10. The molecule has 0 saturated carbocycles. The number of fused-ring (bicyclic) bond motifs is 1. The Morgan fingerprint density at radius 1 is 1.00 bits per heavy atom. The number of nitrogens with zero attached hydrogens (tertiary/aromatic N) is 2. The van der Waals surface area contributed by atoms with Gasteiger partial charge in [0, 0.05) is 15.2 Å². The smallest absolute Gasteiger partial charge is 0.325 e. The highest BCUT2D eigenvalue weighted by Crippen LogP contribution is 2.19. The fourth-order valence-corrected chi connectivity index (χ4v) is 4.05. The Bertz CT molecular complexity index is 1490. The van der Waals surface area contributed by atoms with E-state index in [1.165, 1.54) is 10.6 Å². The Labute approximate surface area is 197 Å². The number of amides is 1. The van der Waals surface area contributed by atoms with Gasteiger partial charge < -0.3 is 5.32 Å². The molecule has 1 aromatic heterocycles. The lowest BCUT2D eigenvalue weighted by molar-refractivity contribution is -0.116. The van der Waals surface area contributed by atoms with Gasteiger partial charge in [0.05, 0.1) is 16.6 Å². The number of nitrogens with one attached hydrogen (secondary N) is 1. The molecule has 32 heavy (non-hydrogen) atoms. The molecule has 0 saturated heterocycles. The summed E-state index contributed by atoms with van der Waals surface area (Å²) in [5.41, 5.74) is 2.40. The number of anilines is 1. The second-order valence-electron chi connectivity index (χ2n) is 7.50. The van der Waals surface area contributed by atoms with E-state index in [4.69, 9.17) is 11.6 Å². The number of aromatic nitrogens is 2. The van der Waals surface area contributed by atoms with Crippen LogP contribution in [0.25, 0.3) is 16.6 Å². The van der Waals surface area contributed by atoms with Gasteiger partial charge in [-0.3, -0.25) is 14.2 Å². The minimum absolute atomic E-state index is 0.259. The number of carbonyl (C=O) groups is 1. The maximum Gasteiger partial charge on any atom is 0.336 e. The Morgan fingerprint density at radius 2 is 1.78 bits per heavy atom. The maximum atomic E-state index is 13.4. The fourth-order valence-electron chi connectivity index (χ4n) is 3.51. The molecule has 4 rings (SSSR count). The molecule has 8 heteroatoms. The fraction of sp³-hybridized carbons (Fsp3) is 0.125. The van der Waals surface area contributed by atoms with Gasteiger partial charge in [-0.2, -0.15) is 0 Å². The van der Waals surface area contributed by atoms with Gasteiger partial charge in [-0.05, 0) is 73.5 Å². The molecule has 0 unspecified atom stereocenters. The number of hydrogen-bond acceptors (Lipinski definition) is 3. The molecule has 0 aliphatic heterocycles. The highest BCUT2D eigenvalue weighted by atomic mass is 79.9. The third-order valence-corrected chi connectivity index (χ3v) is 5.99. The van der Waals surface area contributed by atoms with E-state index in [0.29, 0.717) is 31.8 Å². The third kappa shape index (κ3) is 4.26. The molecule has 1 heterocycles. The number of aryl methyl sites for hydroxylation is 2. The molecule has 162 valence electrons. The van der Waals surface area contributed by atoms with Crippen molar-refractivity contribution >= 4 is 50.0 Å². The van der Waals surface area contributed by atoms with Crippen molar-refractivity contribution in [2.75, 3.05) is 5.32 Å². The summed E-state index contributed by atoms with van der Waals surface area (Å²) in [6.45, 7) is 3.69. The summed E-state index contributed by atoms with van der Waals surface area (Å²) in [6, 6.07) is 17.1. The number of benzene rings is 3. The van der Waals surface area contributed by atoms with Gasteiger partial charge in [0.1, 0.15) is 6.54 Å². The van der Waals surface area contributed by atoms with E-state index in [1.54, 1.807) is 36.4 Å². The van der Waals surface area contributed by atoms with Gasteiger partial charge in [0.2, 0.25) is 5.91 Å². The first-order chi connectivity index (χ1) is 15.2. The Morgan fingerprint density at radius 3 is 2.50 bits per heavy atom. The van der Waals surface area contributed by atoms with Crippen molar-refractivity contribution in [3.63, 3.8) is 0 Å². The topological polar surface area (TPSA) is 73.1 Å². The van der Waals surface area contributed by atoms with Crippen molar-refractivity contribution in [1.82, 2.24) is 9.13 Å². The summed E-state index contributed by atoms with van der Waals surface area (Å²) in [7, 11) is 0. The lowest BCUT2D eigenvalue weighted by Crippen LogP contribution is -2.40. The largest absolute Gasteiger partial charge is 0.336 e. The molecule has 3 aromatic carbocycles. The van der Waals surface area contributed by atoms with Gasteiger partial charge in [-0.1, -0.05) is 39.7 Å². The summed E-state index contributed by atoms with van der Waals surface area (Å²) in [5, 5.41) is 3.52. The minimum Gasteiger partial charge on any atom is -0.325 e. The van der Waals surface area contributed by atoms with E-state index >= 15 is 0 Å². The van der Waals surface area contributed by atoms with Gasteiger partial charge in [-0.15, -0.1) is 0 Å². The van der Waals surface area contributed by atoms with Crippen molar-refractivity contribution in [3.05, 3.63) is 102 Å². The van der Waals surface area contributed by atoms with Gasteiger partial charge in [0.25, 0.3) is 5.56 Å². The van der Waals surface area contributed by atoms with Crippen LogP contribution in [0.3, 0.4) is 0 Å². The van der Waals surface area contributed by atoms with Crippen LogP contribution < -0.4 is 16.6 Å². The quantitative estimate of drug-likeness (QED) is 0.426. The average molecular weight is 513 g/mol. The highest BCUT2D eigenvalue weighted by Gasteiger charge is 2.17. The van der Waals surface area contributed by atoms with E-state index < -0.39 is 11.2 Å². The van der Waals surface area contributed by atoms with Gasteiger partial charge >= 0.3 is 5.69 Å². The molecule has 1 N–H and O–H groups in total. The Hall–Kier alpha value is -3.16. The van der Waals surface area contributed by atoms with Crippen LogP contribution in [-0.2, 0) is 11.3 Å². The second-order valence-corrected chi connectivity index (χ2v) is 8.85. The van der Waals surface area contributed by atoms with Crippen LogP contribution in [-0.4, -0.2) is 15.0 Å². The lowest BCUT2D eigenvalue weighted by atomic mass is 10.1. The molecule has 1 amide bonds. The zero-order valence-corrected chi connectivity index (χ0v) is 19.7. The first kappa shape index (κ1) is 22.0. The van der Waals surface area contributed by atoms with Crippen LogP contribution in [0.4, 0.5) is 5.69 Å². The normalized spacial score (nSPS) is 11.0. The number of halogens is 2. The van der Waals surface area contributed by atoms with Crippen LogP contribution >= 0.6 is 27.5 Å². The number of hydrogen-bond donors (Lipinski definition) is 1. The third-order valence-electron chi connectivity index (χ3n) is 5.26.